The van der Waals surface area contributed by atoms with Gasteiger partial charge in [0.25, 0.3) is 0 Å². The highest BCUT2D eigenvalue weighted by Crippen LogP contribution is 2.25. The average Bonchev–Trinajstić information content (AvgIpc) is 2.55. The number of amides is 1. The summed E-state index contributed by atoms with van der Waals surface area (Å²) in [7, 11) is 0. The molecule has 2 rings (SSSR count). The molecule has 0 saturated carbocycles. The lowest BCUT2D eigenvalue weighted by Gasteiger charge is -2.40. The minimum atomic E-state index is -0.0725. The Kier molecular flexibility index (Phi) is 6.40. The molecule has 22 heavy (non-hydrogen) atoms. The Morgan fingerprint density at radius 1 is 1.27 bits per heavy atom. The maximum absolute atomic E-state index is 11.8. The lowest BCUT2D eigenvalue weighted by atomic mass is 9.88. The van der Waals surface area contributed by atoms with Gasteiger partial charge in [-0.3, -0.25) is 4.79 Å². The molecule has 1 heterocycles. The Bertz CT molecular complexity index is 455. The monoisotopic (exact) mass is 304 g/mol. The van der Waals surface area contributed by atoms with Crippen molar-refractivity contribution in [2.45, 2.75) is 51.1 Å². The molecule has 1 amide bonds. The molecule has 2 N–H and O–H groups in total. The first-order valence-electron chi connectivity index (χ1n) is 8.32. The molecule has 0 radical (unpaired) electrons. The number of rotatable bonds is 7. The van der Waals surface area contributed by atoms with Crippen LogP contribution in [0.25, 0.3) is 0 Å². The molecule has 1 aliphatic heterocycles. The third kappa shape index (κ3) is 4.82. The summed E-state index contributed by atoms with van der Waals surface area (Å²) in [5, 5.41) is 6.85. The first kappa shape index (κ1) is 17.0. The fourth-order valence-corrected chi connectivity index (χ4v) is 3.00. The van der Waals surface area contributed by atoms with Gasteiger partial charge in [0.15, 0.2) is 0 Å². The summed E-state index contributed by atoms with van der Waals surface area (Å²) >= 11 is 0. The van der Waals surface area contributed by atoms with Crippen LogP contribution in [0.3, 0.4) is 0 Å². The molecular weight excluding hydrogens is 276 g/mol. The fourth-order valence-electron chi connectivity index (χ4n) is 3.00. The molecule has 4 nitrogen and oxygen atoms in total. The van der Waals surface area contributed by atoms with Gasteiger partial charge in [-0.25, -0.2) is 0 Å². The van der Waals surface area contributed by atoms with Crippen LogP contribution in [-0.2, 0) is 9.53 Å². The summed E-state index contributed by atoms with van der Waals surface area (Å²) in [5.74, 6) is 0.141. The Morgan fingerprint density at radius 2 is 1.95 bits per heavy atom. The molecule has 122 valence electrons. The van der Waals surface area contributed by atoms with Gasteiger partial charge in [0.1, 0.15) is 0 Å². The number of ether oxygens (including phenoxy) is 1. The van der Waals surface area contributed by atoms with E-state index in [1.807, 2.05) is 13.0 Å². The van der Waals surface area contributed by atoms with E-state index in [-0.39, 0.29) is 17.5 Å². The van der Waals surface area contributed by atoms with Crippen LogP contribution in [-0.4, -0.2) is 31.2 Å². The second-order valence-electron chi connectivity index (χ2n) is 6.20. The van der Waals surface area contributed by atoms with Gasteiger partial charge in [-0.05, 0) is 31.7 Å². The zero-order valence-electron chi connectivity index (χ0n) is 13.7. The molecular formula is C18H28N2O2. The normalized spacial score (nSPS) is 18.6. The van der Waals surface area contributed by atoms with Crippen LogP contribution in [0, 0.1) is 0 Å². The van der Waals surface area contributed by atoms with E-state index < -0.39 is 0 Å². The first-order chi connectivity index (χ1) is 10.7. The van der Waals surface area contributed by atoms with Crippen LogP contribution in [0.15, 0.2) is 30.3 Å². The molecule has 1 aromatic rings. The number of hydrogen-bond donors (Lipinski definition) is 2. The lowest BCUT2D eigenvalue weighted by Crippen LogP contribution is -2.57. The third-order valence-corrected chi connectivity index (χ3v) is 4.37. The fraction of sp³-hybridized carbons (Fsp3) is 0.611. The van der Waals surface area contributed by atoms with E-state index in [4.69, 9.17) is 4.74 Å². The van der Waals surface area contributed by atoms with Crippen LogP contribution in [0.5, 0.6) is 0 Å². The maximum atomic E-state index is 11.8. The van der Waals surface area contributed by atoms with Crippen molar-refractivity contribution in [3.8, 4) is 0 Å². The second-order valence-corrected chi connectivity index (χ2v) is 6.20. The van der Waals surface area contributed by atoms with Crippen LogP contribution < -0.4 is 10.6 Å². The highest BCUT2D eigenvalue weighted by Gasteiger charge is 2.34. The van der Waals surface area contributed by atoms with E-state index in [2.05, 4.69) is 41.8 Å². The molecule has 1 saturated heterocycles. The quantitative estimate of drug-likeness (QED) is 0.814. The Balaban J connectivity index is 2.00. The van der Waals surface area contributed by atoms with Crippen molar-refractivity contribution in [3.63, 3.8) is 0 Å². The van der Waals surface area contributed by atoms with Crippen molar-refractivity contribution in [2.75, 3.05) is 19.8 Å². The standard InChI is InChI=1S/C18H28N2O2/c1-3-7-17(21)19-14-18(10-12-22-13-11-18)20-15(2)16-8-5-4-6-9-16/h4-6,8-9,15,20H,3,7,10-14H2,1-2H3,(H,19,21)/t15-/m1/s1. The van der Waals surface area contributed by atoms with E-state index in [1.165, 1.54) is 5.56 Å². The van der Waals surface area contributed by atoms with Gasteiger partial charge in [0, 0.05) is 37.8 Å². The van der Waals surface area contributed by atoms with E-state index >= 15 is 0 Å². The van der Waals surface area contributed by atoms with Crippen molar-refractivity contribution in [1.82, 2.24) is 10.6 Å². The minimum absolute atomic E-state index is 0.0725. The third-order valence-electron chi connectivity index (χ3n) is 4.37. The largest absolute Gasteiger partial charge is 0.381 e. The molecule has 1 aliphatic rings. The SMILES string of the molecule is CCCC(=O)NCC1(N[C@H](C)c2ccccc2)CCOCC1. The molecule has 1 fully saturated rings. The number of hydrogen-bond acceptors (Lipinski definition) is 3. The zero-order chi connectivity index (χ0) is 15.8. The maximum Gasteiger partial charge on any atom is 0.220 e. The molecule has 0 aromatic heterocycles. The predicted octanol–water partition coefficient (Wildman–Crippen LogP) is 2.80. The molecule has 1 aromatic carbocycles. The lowest BCUT2D eigenvalue weighted by molar-refractivity contribution is -0.121. The van der Waals surface area contributed by atoms with E-state index in [0.717, 1.165) is 32.5 Å². The molecule has 0 unspecified atom stereocenters. The molecule has 1 atom stereocenters. The van der Waals surface area contributed by atoms with Gasteiger partial charge < -0.3 is 15.4 Å². The van der Waals surface area contributed by atoms with Crippen LogP contribution >= 0.6 is 0 Å². The van der Waals surface area contributed by atoms with Crippen molar-refractivity contribution in [3.05, 3.63) is 35.9 Å². The molecule has 0 bridgehead atoms. The van der Waals surface area contributed by atoms with Gasteiger partial charge in [-0.2, -0.15) is 0 Å². The summed E-state index contributed by atoms with van der Waals surface area (Å²) < 4.78 is 5.51. The smallest absolute Gasteiger partial charge is 0.220 e. The van der Waals surface area contributed by atoms with Crippen molar-refractivity contribution in [2.24, 2.45) is 0 Å². The topological polar surface area (TPSA) is 50.4 Å². The van der Waals surface area contributed by atoms with Gasteiger partial charge in [-0.15, -0.1) is 0 Å². The van der Waals surface area contributed by atoms with E-state index in [1.54, 1.807) is 0 Å². The molecule has 0 spiro atoms. The molecule has 4 heteroatoms. The Morgan fingerprint density at radius 3 is 2.59 bits per heavy atom. The van der Waals surface area contributed by atoms with Crippen molar-refractivity contribution >= 4 is 5.91 Å². The van der Waals surface area contributed by atoms with E-state index in [9.17, 15) is 4.79 Å². The average molecular weight is 304 g/mol. The second kappa shape index (κ2) is 8.30. The van der Waals surface area contributed by atoms with Gasteiger partial charge >= 0.3 is 0 Å². The predicted molar refractivity (Wildman–Crippen MR) is 88.7 cm³/mol. The number of carbonyl (C=O) groups is 1. The Labute approximate surface area is 133 Å². The van der Waals surface area contributed by atoms with Crippen LogP contribution in [0.2, 0.25) is 0 Å². The summed E-state index contributed by atoms with van der Waals surface area (Å²) in [6, 6.07) is 10.7. The molecule has 0 aliphatic carbocycles. The van der Waals surface area contributed by atoms with Gasteiger partial charge in [0.05, 0.1) is 0 Å². The first-order valence-corrected chi connectivity index (χ1v) is 8.32. The van der Waals surface area contributed by atoms with Crippen molar-refractivity contribution in [1.29, 1.82) is 0 Å². The van der Waals surface area contributed by atoms with Crippen LogP contribution in [0.1, 0.15) is 51.1 Å². The summed E-state index contributed by atoms with van der Waals surface area (Å²) in [6.07, 6.45) is 3.34. The highest BCUT2D eigenvalue weighted by molar-refractivity contribution is 5.75. The summed E-state index contributed by atoms with van der Waals surface area (Å²) in [4.78, 5) is 11.8. The number of carbonyl (C=O) groups excluding carboxylic acids is 1. The van der Waals surface area contributed by atoms with Gasteiger partial charge in [-0.1, -0.05) is 37.3 Å². The number of nitrogens with one attached hydrogen (secondary N) is 2. The Hall–Kier alpha value is -1.39. The minimum Gasteiger partial charge on any atom is -0.381 e. The van der Waals surface area contributed by atoms with Crippen molar-refractivity contribution < 1.29 is 9.53 Å². The van der Waals surface area contributed by atoms with Crippen LogP contribution in [0.4, 0.5) is 0 Å². The summed E-state index contributed by atoms with van der Waals surface area (Å²) in [6.45, 7) is 6.38. The van der Waals surface area contributed by atoms with E-state index in [0.29, 0.717) is 13.0 Å². The summed E-state index contributed by atoms with van der Waals surface area (Å²) in [5.41, 5.74) is 1.20. The zero-order valence-corrected chi connectivity index (χ0v) is 13.7. The highest BCUT2D eigenvalue weighted by atomic mass is 16.5. The van der Waals surface area contributed by atoms with Gasteiger partial charge in [0.2, 0.25) is 5.91 Å². The number of benzene rings is 1.